The van der Waals surface area contributed by atoms with E-state index < -0.39 is 17.4 Å². The largest absolute Gasteiger partial charge is 0.463 e. The first-order valence-corrected chi connectivity index (χ1v) is 6.59. The number of esters is 2. The van der Waals surface area contributed by atoms with Gasteiger partial charge < -0.3 is 9.47 Å². The van der Waals surface area contributed by atoms with Crippen LogP contribution < -0.4 is 0 Å². The third kappa shape index (κ3) is 5.73. The normalized spacial score (nSPS) is 13.8. The van der Waals surface area contributed by atoms with Crippen molar-refractivity contribution in [3.05, 3.63) is 0 Å². The molecule has 0 spiro atoms. The van der Waals surface area contributed by atoms with Crippen molar-refractivity contribution < 1.29 is 19.1 Å². The van der Waals surface area contributed by atoms with Crippen molar-refractivity contribution in [2.75, 3.05) is 0 Å². The first-order valence-electron chi connectivity index (χ1n) is 6.59. The van der Waals surface area contributed by atoms with Gasteiger partial charge in [-0.3, -0.25) is 9.59 Å². The van der Waals surface area contributed by atoms with E-state index in [1.165, 1.54) is 0 Å². The SMILES string of the molecule is CCCC(C#N)(CC(=O)OC(C)C)C(=O)OC(C)C. The fraction of sp³-hybridized carbons (Fsp3) is 0.786. The molecule has 5 heteroatoms. The van der Waals surface area contributed by atoms with Crippen LogP contribution in [-0.4, -0.2) is 24.1 Å². The highest BCUT2D eigenvalue weighted by atomic mass is 16.6. The van der Waals surface area contributed by atoms with Crippen LogP contribution in [0.5, 0.6) is 0 Å². The molecule has 108 valence electrons. The molecule has 0 N–H and O–H groups in total. The van der Waals surface area contributed by atoms with E-state index in [0.717, 1.165) is 0 Å². The molecule has 0 fully saturated rings. The predicted octanol–water partition coefficient (Wildman–Crippen LogP) is 2.59. The highest BCUT2D eigenvalue weighted by Crippen LogP contribution is 2.30. The third-order valence-electron chi connectivity index (χ3n) is 2.44. The third-order valence-corrected chi connectivity index (χ3v) is 2.44. The minimum Gasteiger partial charge on any atom is -0.463 e. The van der Waals surface area contributed by atoms with Crippen LogP contribution in [-0.2, 0) is 19.1 Å². The average Bonchev–Trinajstić information content (AvgIpc) is 2.26. The Morgan fingerprint density at radius 1 is 1.16 bits per heavy atom. The standard InChI is InChI=1S/C14H23NO4/c1-6-7-14(9-15,13(17)19-11(4)5)8-12(16)18-10(2)3/h10-11H,6-8H2,1-5H3. The van der Waals surface area contributed by atoms with Gasteiger partial charge in [0.1, 0.15) is 0 Å². The molecule has 19 heavy (non-hydrogen) atoms. The molecule has 0 aromatic rings. The fourth-order valence-corrected chi connectivity index (χ4v) is 1.71. The zero-order valence-corrected chi connectivity index (χ0v) is 12.4. The van der Waals surface area contributed by atoms with Gasteiger partial charge in [0, 0.05) is 0 Å². The summed E-state index contributed by atoms with van der Waals surface area (Å²) < 4.78 is 10.1. The van der Waals surface area contributed by atoms with E-state index in [0.29, 0.717) is 6.42 Å². The monoisotopic (exact) mass is 269 g/mol. The van der Waals surface area contributed by atoms with E-state index in [-0.39, 0.29) is 25.0 Å². The predicted molar refractivity (Wildman–Crippen MR) is 70.0 cm³/mol. The molecule has 0 amide bonds. The van der Waals surface area contributed by atoms with Crippen molar-refractivity contribution >= 4 is 11.9 Å². The Labute approximate surface area is 114 Å². The van der Waals surface area contributed by atoms with Gasteiger partial charge in [-0.2, -0.15) is 5.26 Å². The summed E-state index contributed by atoms with van der Waals surface area (Å²) in [6.07, 6.45) is 0.0313. The molecule has 0 saturated heterocycles. The van der Waals surface area contributed by atoms with E-state index in [2.05, 4.69) is 0 Å². The molecule has 5 nitrogen and oxygen atoms in total. The lowest BCUT2D eigenvalue weighted by molar-refractivity contribution is -0.164. The van der Waals surface area contributed by atoms with E-state index in [1.54, 1.807) is 27.7 Å². The van der Waals surface area contributed by atoms with Crippen molar-refractivity contribution in [3.63, 3.8) is 0 Å². The summed E-state index contributed by atoms with van der Waals surface area (Å²) in [6, 6.07) is 1.95. The first-order chi connectivity index (χ1) is 8.77. The Balaban J connectivity index is 5.02. The fourth-order valence-electron chi connectivity index (χ4n) is 1.71. The molecule has 0 rings (SSSR count). The van der Waals surface area contributed by atoms with E-state index in [9.17, 15) is 14.9 Å². The second kappa shape index (κ2) is 7.78. The zero-order valence-electron chi connectivity index (χ0n) is 12.4. The van der Waals surface area contributed by atoms with Gasteiger partial charge in [0.25, 0.3) is 0 Å². The van der Waals surface area contributed by atoms with Crippen LogP contribution in [0.4, 0.5) is 0 Å². The Kier molecular flexibility index (Phi) is 7.13. The molecule has 0 aromatic heterocycles. The second-order valence-corrected chi connectivity index (χ2v) is 5.11. The number of carbonyl (C=O) groups is 2. The summed E-state index contributed by atoms with van der Waals surface area (Å²) >= 11 is 0. The van der Waals surface area contributed by atoms with Crippen LogP contribution in [0.3, 0.4) is 0 Å². The Bertz CT molecular complexity index is 357. The maximum absolute atomic E-state index is 12.1. The molecular weight excluding hydrogens is 246 g/mol. The average molecular weight is 269 g/mol. The highest BCUT2D eigenvalue weighted by molar-refractivity contribution is 5.86. The summed E-state index contributed by atoms with van der Waals surface area (Å²) in [4.78, 5) is 23.8. The van der Waals surface area contributed by atoms with Crippen LogP contribution in [0.2, 0.25) is 0 Å². The quantitative estimate of drug-likeness (QED) is 0.664. The van der Waals surface area contributed by atoms with Gasteiger partial charge >= 0.3 is 11.9 Å². The van der Waals surface area contributed by atoms with Crippen molar-refractivity contribution in [1.82, 2.24) is 0 Å². The van der Waals surface area contributed by atoms with Crippen molar-refractivity contribution in [3.8, 4) is 6.07 Å². The van der Waals surface area contributed by atoms with E-state index in [4.69, 9.17) is 9.47 Å². The number of nitriles is 1. The van der Waals surface area contributed by atoms with Gasteiger partial charge in [-0.05, 0) is 34.1 Å². The molecule has 0 saturated carbocycles. The van der Waals surface area contributed by atoms with Crippen LogP contribution in [0.15, 0.2) is 0 Å². The number of rotatable bonds is 7. The molecule has 0 heterocycles. The minimum atomic E-state index is -1.44. The summed E-state index contributed by atoms with van der Waals surface area (Å²) in [5, 5.41) is 9.32. The molecule has 0 aromatic carbocycles. The number of ether oxygens (including phenoxy) is 2. The van der Waals surface area contributed by atoms with E-state index >= 15 is 0 Å². The summed E-state index contributed by atoms with van der Waals surface area (Å²) in [5.74, 6) is -1.20. The van der Waals surface area contributed by atoms with Crippen molar-refractivity contribution in [2.24, 2.45) is 5.41 Å². The highest BCUT2D eigenvalue weighted by Gasteiger charge is 2.43. The van der Waals surface area contributed by atoms with E-state index in [1.807, 2.05) is 13.0 Å². The van der Waals surface area contributed by atoms with Gasteiger partial charge in [-0.1, -0.05) is 13.3 Å². The van der Waals surface area contributed by atoms with Gasteiger partial charge in [-0.25, -0.2) is 0 Å². The van der Waals surface area contributed by atoms with Crippen LogP contribution in [0.25, 0.3) is 0 Å². The lowest BCUT2D eigenvalue weighted by Crippen LogP contribution is -2.36. The molecule has 0 radical (unpaired) electrons. The molecule has 1 unspecified atom stereocenters. The van der Waals surface area contributed by atoms with Gasteiger partial charge in [-0.15, -0.1) is 0 Å². The zero-order chi connectivity index (χ0) is 15.1. The lowest BCUT2D eigenvalue weighted by atomic mass is 9.81. The maximum atomic E-state index is 12.1. The first kappa shape index (κ1) is 17.4. The van der Waals surface area contributed by atoms with Crippen LogP contribution in [0, 0.1) is 16.7 Å². The molecule has 0 bridgehead atoms. The Morgan fingerprint density at radius 3 is 2.05 bits per heavy atom. The molecule has 0 aliphatic heterocycles. The van der Waals surface area contributed by atoms with Gasteiger partial charge in [0.05, 0.1) is 24.7 Å². The van der Waals surface area contributed by atoms with Crippen molar-refractivity contribution in [2.45, 2.75) is 66.1 Å². The summed E-state index contributed by atoms with van der Waals surface area (Å²) in [6.45, 7) is 8.70. The number of hydrogen-bond acceptors (Lipinski definition) is 5. The smallest absolute Gasteiger partial charge is 0.327 e. The molecular formula is C14H23NO4. The maximum Gasteiger partial charge on any atom is 0.327 e. The number of hydrogen-bond donors (Lipinski definition) is 0. The summed E-state index contributed by atoms with van der Waals surface area (Å²) in [7, 11) is 0. The molecule has 1 atom stereocenters. The lowest BCUT2D eigenvalue weighted by Gasteiger charge is -2.24. The topological polar surface area (TPSA) is 76.4 Å². The van der Waals surface area contributed by atoms with Gasteiger partial charge in [0.15, 0.2) is 5.41 Å². The molecule has 0 aliphatic rings. The van der Waals surface area contributed by atoms with Crippen LogP contribution in [0.1, 0.15) is 53.9 Å². The van der Waals surface area contributed by atoms with Gasteiger partial charge in [0.2, 0.25) is 0 Å². The Morgan fingerprint density at radius 2 is 1.68 bits per heavy atom. The molecule has 0 aliphatic carbocycles. The number of nitrogens with zero attached hydrogens (tertiary/aromatic N) is 1. The minimum absolute atomic E-state index is 0.263. The summed E-state index contributed by atoms with van der Waals surface area (Å²) in [5.41, 5.74) is -1.44. The second-order valence-electron chi connectivity index (χ2n) is 5.11. The Hall–Kier alpha value is -1.57. The van der Waals surface area contributed by atoms with Crippen molar-refractivity contribution in [1.29, 1.82) is 5.26 Å². The number of carbonyl (C=O) groups excluding carboxylic acids is 2. The van der Waals surface area contributed by atoms with Crippen LogP contribution >= 0.6 is 0 Å².